The van der Waals surface area contributed by atoms with Crippen LogP contribution >= 0.6 is 0 Å². The van der Waals surface area contributed by atoms with E-state index in [4.69, 9.17) is 10.2 Å². The van der Waals surface area contributed by atoms with Gasteiger partial charge in [-0.15, -0.1) is 0 Å². The minimum Gasteiger partial charge on any atom is -0.447 e. The fourth-order valence-electron chi connectivity index (χ4n) is 3.17. The SMILES string of the molecule is CN(C)c1ccc(-c2oc(C=NNC(N)=O)c([N+](=O)[O-])c2-c2ccc(N(C)C)cc2)cc1. The maximum Gasteiger partial charge on any atom is 0.332 e. The fourth-order valence-corrected chi connectivity index (χ4v) is 3.17. The summed E-state index contributed by atoms with van der Waals surface area (Å²) in [5, 5.41) is 15.7. The van der Waals surface area contributed by atoms with Crippen LogP contribution in [0.4, 0.5) is 21.9 Å². The number of hydrogen-bond donors (Lipinski definition) is 2. The van der Waals surface area contributed by atoms with Crippen molar-refractivity contribution in [3.8, 4) is 22.5 Å². The van der Waals surface area contributed by atoms with E-state index in [-0.39, 0.29) is 11.4 Å². The molecule has 1 aromatic heterocycles. The van der Waals surface area contributed by atoms with Gasteiger partial charge in [0.2, 0.25) is 5.76 Å². The summed E-state index contributed by atoms with van der Waals surface area (Å²) in [6.07, 6.45) is 1.07. The van der Waals surface area contributed by atoms with Crippen molar-refractivity contribution in [3.63, 3.8) is 0 Å². The first-order valence-electron chi connectivity index (χ1n) is 9.64. The van der Waals surface area contributed by atoms with Crippen molar-refractivity contribution < 1.29 is 14.1 Å². The third-order valence-electron chi connectivity index (χ3n) is 4.77. The van der Waals surface area contributed by atoms with Crippen LogP contribution in [0.15, 0.2) is 58.0 Å². The molecular weight excluding hydrogens is 412 g/mol. The Kier molecular flexibility index (Phi) is 6.43. The molecule has 3 rings (SSSR count). The Morgan fingerprint density at radius 2 is 1.50 bits per heavy atom. The Balaban J connectivity index is 2.22. The maximum absolute atomic E-state index is 12.0. The highest BCUT2D eigenvalue weighted by Crippen LogP contribution is 2.44. The van der Waals surface area contributed by atoms with Crippen molar-refractivity contribution in [2.45, 2.75) is 0 Å². The molecule has 0 radical (unpaired) electrons. The van der Waals surface area contributed by atoms with Gasteiger partial charge in [-0.2, -0.15) is 5.10 Å². The van der Waals surface area contributed by atoms with E-state index in [0.29, 0.717) is 22.5 Å². The molecule has 1 heterocycles. The van der Waals surface area contributed by atoms with Crippen LogP contribution in [0.5, 0.6) is 0 Å². The Bertz CT molecular complexity index is 1150. The van der Waals surface area contributed by atoms with E-state index >= 15 is 0 Å². The molecule has 0 unspecified atom stereocenters. The lowest BCUT2D eigenvalue weighted by molar-refractivity contribution is -0.384. The van der Waals surface area contributed by atoms with Crippen LogP contribution in [0, 0.1) is 10.1 Å². The quantitative estimate of drug-likeness (QED) is 0.330. The molecule has 166 valence electrons. The second-order valence-corrected chi connectivity index (χ2v) is 7.39. The molecule has 32 heavy (non-hydrogen) atoms. The zero-order valence-electron chi connectivity index (χ0n) is 18.2. The van der Waals surface area contributed by atoms with Gasteiger partial charge in [0.15, 0.2) is 0 Å². The molecule has 3 N–H and O–H groups in total. The highest BCUT2D eigenvalue weighted by Gasteiger charge is 2.31. The number of nitrogens with one attached hydrogen (secondary N) is 1. The molecule has 0 saturated carbocycles. The smallest absolute Gasteiger partial charge is 0.332 e. The van der Waals surface area contributed by atoms with Gasteiger partial charge in [-0.05, 0) is 42.0 Å². The zero-order chi connectivity index (χ0) is 23.4. The first-order valence-corrected chi connectivity index (χ1v) is 9.64. The maximum atomic E-state index is 12.0. The number of hydrazone groups is 1. The van der Waals surface area contributed by atoms with Gasteiger partial charge in [-0.1, -0.05) is 12.1 Å². The van der Waals surface area contributed by atoms with Crippen molar-refractivity contribution in [3.05, 3.63) is 64.4 Å². The summed E-state index contributed by atoms with van der Waals surface area (Å²) in [5.41, 5.74) is 10.3. The molecule has 0 aliphatic rings. The highest BCUT2D eigenvalue weighted by molar-refractivity contribution is 5.96. The Morgan fingerprint density at radius 1 is 1.00 bits per heavy atom. The number of anilines is 2. The first kappa shape index (κ1) is 22.3. The van der Waals surface area contributed by atoms with Crippen LogP contribution in [-0.4, -0.2) is 45.4 Å². The standard InChI is InChI=1S/C22H24N6O4/c1-26(2)16-9-5-14(6-10-16)19-20(28(30)31)18(13-24-25-22(23)29)32-21(19)15-7-11-17(12-8-15)27(3)4/h5-13H,1-4H3,(H3,23,25,29). The van der Waals surface area contributed by atoms with Gasteiger partial charge in [-0.3, -0.25) is 10.1 Å². The van der Waals surface area contributed by atoms with E-state index in [1.165, 1.54) is 0 Å². The molecule has 0 aliphatic carbocycles. The summed E-state index contributed by atoms with van der Waals surface area (Å²) in [5.74, 6) is 0.210. The van der Waals surface area contributed by atoms with Crippen LogP contribution in [0.25, 0.3) is 22.5 Å². The number of hydrogen-bond acceptors (Lipinski definition) is 7. The molecule has 2 aromatic carbocycles. The van der Waals surface area contributed by atoms with Crippen molar-refractivity contribution in [2.75, 3.05) is 38.0 Å². The summed E-state index contributed by atoms with van der Waals surface area (Å²) >= 11 is 0. The van der Waals surface area contributed by atoms with Gasteiger partial charge in [0.05, 0.1) is 11.1 Å². The predicted molar refractivity (Wildman–Crippen MR) is 125 cm³/mol. The molecule has 0 atom stereocenters. The summed E-state index contributed by atoms with van der Waals surface area (Å²) in [6, 6.07) is 13.9. The molecule has 0 aliphatic heterocycles. The Labute approximate surface area is 185 Å². The van der Waals surface area contributed by atoms with Gasteiger partial charge in [0.1, 0.15) is 11.3 Å². The van der Waals surface area contributed by atoms with Gasteiger partial charge in [-0.25, -0.2) is 10.2 Å². The van der Waals surface area contributed by atoms with E-state index in [2.05, 4.69) is 5.10 Å². The Hall–Kier alpha value is -4.34. The van der Waals surface area contributed by atoms with Gasteiger partial charge >= 0.3 is 11.7 Å². The third-order valence-corrected chi connectivity index (χ3v) is 4.77. The average Bonchev–Trinajstić information content (AvgIpc) is 3.13. The van der Waals surface area contributed by atoms with Crippen molar-refractivity contribution >= 4 is 29.3 Å². The second-order valence-electron chi connectivity index (χ2n) is 7.39. The lowest BCUT2D eigenvalue weighted by Gasteiger charge is -2.13. The number of amides is 2. The number of nitro groups is 1. The van der Waals surface area contributed by atoms with E-state index < -0.39 is 11.0 Å². The van der Waals surface area contributed by atoms with Crippen molar-refractivity contribution in [1.29, 1.82) is 0 Å². The van der Waals surface area contributed by atoms with E-state index in [0.717, 1.165) is 17.6 Å². The average molecular weight is 436 g/mol. The predicted octanol–water partition coefficient (Wildman–Crippen LogP) is 3.66. The van der Waals surface area contributed by atoms with Crippen molar-refractivity contribution in [1.82, 2.24) is 5.43 Å². The number of furan rings is 1. The molecule has 10 nitrogen and oxygen atoms in total. The number of nitrogens with two attached hydrogens (primary N) is 1. The topological polar surface area (TPSA) is 130 Å². The lowest BCUT2D eigenvalue weighted by Crippen LogP contribution is -2.24. The highest BCUT2D eigenvalue weighted by atomic mass is 16.6. The molecular formula is C22H24N6O4. The normalized spacial score (nSPS) is 10.9. The monoisotopic (exact) mass is 436 g/mol. The molecule has 0 fully saturated rings. The van der Waals surface area contributed by atoms with Crippen LogP contribution in [-0.2, 0) is 0 Å². The number of urea groups is 1. The lowest BCUT2D eigenvalue weighted by atomic mass is 9.99. The van der Waals surface area contributed by atoms with E-state index in [1.54, 1.807) is 12.1 Å². The Morgan fingerprint density at radius 3 is 1.94 bits per heavy atom. The van der Waals surface area contributed by atoms with Crippen LogP contribution in [0.3, 0.4) is 0 Å². The van der Waals surface area contributed by atoms with Gasteiger partial charge in [0, 0.05) is 45.1 Å². The minimum absolute atomic E-state index is 0.109. The molecule has 0 spiro atoms. The van der Waals surface area contributed by atoms with Crippen LogP contribution in [0.1, 0.15) is 5.76 Å². The number of nitrogens with zero attached hydrogens (tertiary/aromatic N) is 4. The second kappa shape index (κ2) is 9.21. The zero-order valence-corrected chi connectivity index (χ0v) is 18.2. The molecule has 0 bridgehead atoms. The van der Waals surface area contributed by atoms with Gasteiger partial charge in [0.25, 0.3) is 0 Å². The molecule has 3 aromatic rings. The molecule has 10 heteroatoms. The largest absolute Gasteiger partial charge is 0.447 e. The van der Waals surface area contributed by atoms with Crippen LogP contribution in [0.2, 0.25) is 0 Å². The summed E-state index contributed by atoms with van der Waals surface area (Å²) in [4.78, 5) is 26.3. The van der Waals surface area contributed by atoms with Crippen LogP contribution < -0.4 is 21.0 Å². The number of primary amides is 1. The fraction of sp³-hybridized carbons (Fsp3) is 0.182. The van der Waals surface area contributed by atoms with Gasteiger partial charge < -0.3 is 20.0 Å². The van der Waals surface area contributed by atoms with E-state index in [1.807, 2.05) is 79.8 Å². The first-order chi connectivity index (χ1) is 15.2. The molecule has 0 saturated heterocycles. The number of rotatable bonds is 7. The number of carbonyl (C=O) groups is 1. The number of carbonyl (C=O) groups excluding carboxylic acids is 1. The molecule has 2 amide bonds. The van der Waals surface area contributed by atoms with Crippen molar-refractivity contribution in [2.24, 2.45) is 10.8 Å². The minimum atomic E-state index is -0.894. The third kappa shape index (κ3) is 4.69. The summed E-state index contributed by atoms with van der Waals surface area (Å²) in [7, 11) is 7.66. The summed E-state index contributed by atoms with van der Waals surface area (Å²) < 4.78 is 5.90. The van der Waals surface area contributed by atoms with E-state index in [9.17, 15) is 14.9 Å². The summed E-state index contributed by atoms with van der Waals surface area (Å²) in [6.45, 7) is 0. The number of benzene rings is 2.